The van der Waals surface area contributed by atoms with Crippen molar-refractivity contribution in [1.82, 2.24) is 5.32 Å². The van der Waals surface area contributed by atoms with Gasteiger partial charge in [-0.15, -0.1) is 0 Å². The zero-order valence-corrected chi connectivity index (χ0v) is 17.8. The summed E-state index contributed by atoms with van der Waals surface area (Å²) in [6, 6.07) is 23.9. The van der Waals surface area contributed by atoms with Gasteiger partial charge in [0, 0.05) is 21.8 Å². The maximum atomic E-state index is 12.2. The van der Waals surface area contributed by atoms with Crippen LogP contribution in [0, 0.1) is 0 Å². The fourth-order valence-electron chi connectivity index (χ4n) is 2.44. The Kier molecular flexibility index (Phi) is 7.61. The molecule has 29 heavy (non-hydrogen) atoms. The second kappa shape index (κ2) is 10.6. The van der Waals surface area contributed by atoms with E-state index in [2.05, 4.69) is 26.6 Å². The van der Waals surface area contributed by atoms with E-state index in [0.29, 0.717) is 30.2 Å². The molecule has 0 heterocycles. The number of carbonyl (C=O) groups is 1. The van der Waals surface area contributed by atoms with Crippen LogP contribution in [0.2, 0.25) is 0 Å². The summed E-state index contributed by atoms with van der Waals surface area (Å²) in [6.45, 7) is 0.840. The Morgan fingerprint density at radius 1 is 0.862 bits per heavy atom. The van der Waals surface area contributed by atoms with Crippen LogP contribution in [0.3, 0.4) is 0 Å². The Balaban J connectivity index is 1.46. The predicted molar refractivity (Wildman–Crippen MR) is 122 cm³/mol. The van der Waals surface area contributed by atoms with Crippen molar-refractivity contribution < 1.29 is 14.3 Å². The molecule has 1 amide bonds. The van der Waals surface area contributed by atoms with Crippen molar-refractivity contribution in [2.45, 2.75) is 0 Å². The van der Waals surface area contributed by atoms with Crippen molar-refractivity contribution in [2.75, 3.05) is 18.5 Å². The molecule has 0 aliphatic rings. The van der Waals surface area contributed by atoms with Gasteiger partial charge >= 0.3 is 0 Å². The molecule has 0 atom stereocenters. The Morgan fingerprint density at radius 3 is 2.24 bits per heavy atom. The molecule has 0 aliphatic carbocycles. The fourth-order valence-corrected chi connectivity index (χ4v) is 2.91. The van der Waals surface area contributed by atoms with E-state index in [0.717, 1.165) is 10.2 Å². The van der Waals surface area contributed by atoms with Crippen LogP contribution in [0.25, 0.3) is 0 Å². The molecule has 0 aromatic heterocycles. The highest BCUT2D eigenvalue weighted by Crippen LogP contribution is 2.18. The number of thiocarbonyl (C=S) groups is 1. The molecule has 0 aliphatic heterocycles. The smallest absolute Gasteiger partial charge is 0.257 e. The summed E-state index contributed by atoms with van der Waals surface area (Å²) >= 11 is 8.57. The first-order valence-corrected chi connectivity index (χ1v) is 10.1. The highest BCUT2D eigenvalue weighted by atomic mass is 79.9. The number of para-hydroxylation sites is 1. The van der Waals surface area contributed by atoms with Crippen molar-refractivity contribution >= 4 is 44.9 Å². The van der Waals surface area contributed by atoms with Gasteiger partial charge in [0.1, 0.15) is 24.7 Å². The first-order valence-electron chi connectivity index (χ1n) is 8.89. The van der Waals surface area contributed by atoms with E-state index >= 15 is 0 Å². The lowest BCUT2D eigenvalue weighted by molar-refractivity contribution is 0.0977. The van der Waals surface area contributed by atoms with E-state index < -0.39 is 0 Å². The lowest BCUT2D eigenvalue weighted by Crippen LogP contribution is -2.34. The third-order valence-corrected chi connectivity index (χ3v) is 4.52. The summed E-state index contributed by atoms with van der Waals surface area (Å²) in [7, 11) is 0. The lowest BCUT2D eigenvalue weighted by Gasteiger charge is -2.12. The Bertz CT molecular complexity index is 965. The van der Waals surface area contributed by atoms with E-state index in [9.17, 15) is 4.79 Å². The molecule has 3 aromatic rings. The minimum Gasteiger partial charge on any atom is -0.490 e. The van der Waals surface area contributed by atoms with Crippen molar-refractivity contribution in [3.05, 3.63) is 88.9 Å². The highest BCUT2D eigenvalue weighted by Gasteiger charge is 2.08. The van der Waals surface area contributed by atoms with Gasteiger partial charge < -0.3 is 14.8 Å². The number of nitrogens with one attached hydrogen (secondary N) is 2. The molecule has 0 spiro atoms. The normalized spacial score (nSPS) is 10.1. The summed E-state index contributed by atoms with van der Waals surface area (Å²) in [6.07, 6.45) is 0. The third kappa shape index (κ3) is 6.89. The topological polar surface area (TPSA) is 59.6 Å². The van der Waals surface area contributed by atoms with Gasteiger partial charge in [0.2, 0.25) is 0 Å². The van der Waals surface area contributed by atoms with Crippen molar-refractivity contribution in [2.24, 2.45) is 0 Å². The molecule has 0 radical (unpaired) electrons. The standard InChI is InChI=1S/C22H19BrN2O3S/c23-17-11-9-16(10-12-17)21(26)25-22(29)24-18-5-4-8-20(15-18)28-14-13-27-19-6-2-1-3-7-19/h1-12,15H,13-14H2,(H2,24,25,26,29). The van der Waals surface area contributed by atoms with Crippen LogP contribution in [0.15, 0.2) is 83.3 Å². The summed E-state index contributed by atoms with van der Waals surface area (Å²) in [5.41, 5.74) is 1.24. The van der Waals surface area contributed by atoms with Crippen molar-refractivity contribution in [1.29, 1.82) is 0 Å². The number of anilines is 1. The summed E-state index contributed by atoms with van der Waals surface area (Å²) in [5, 5.41) is 5.86. The SMILES string of the molecule is O=C(NC(=S)Nc1cccc(OCCOc2ccccc2)c1)c1ccc(Br)cc1. The van der Waals surface area contributed by atoms with Crippen LogP contribution < -0.4 is 20.1 Å². The van der Waals surface area contributed by atoms with E-state index in [-0.39, 0.29) is 11.0 Å². The van der Waals surface area contributed by atoms with Gasteiger partial charge in [-0.25, -0.2) is 0 Å². The molecule has 0 saturated heterocycles. The number of rotatable bonds is 7. The first kappa shape index (κ1) is 20.8. The van der Waals surface area contributed by atoms with Gasteiger partial charge in [0.15, 0.2) is 5.11 Å². The van der Waals surface area contributed by atoms with Crippen molar-refractivity contribution in [3.63, 3.8) is 0 Å². The van der Waals surface area contributed by atoms with Gasteiger partial charge in [-0.3, -0.25) is 10.1 Å². The molecule has 148 valence electrons. The quantitative estimate of drug-likeness (QED) is 0.374. The van der Waals surface area contributed by atoms with Gasteiger partial charge in [-0.2, -0.15) is 0 Å². The van der Waals surface area contributed by atoms with Crippen LogP contribution >= 0.6 is 28.1 Å². The molecule has 0 fully saturated rings. The van der Waals surface area contributed by atoms with Crippen LogP contribution in [-0.2, 0) is 0 Å². The van der Waals surface area contributed by atoms with Crippen LogP contribution in [0.4, 0.5) is 5.69 Å². The van der Waals surface area contributed by atoms with Gasteiger partial charge in [0.05, 0.1) is 0 Å². The Morgan fingerprint density at radius 2 is 1.52 bits per heavy atom. The molecular weight excluding hydrogens is 452 g/mol. The number of benzene rings is 3. The largest absolute Gasteiger partial charge is 0.490 e. The third-order valence-electron chi connectivity index (χ3n) is 3.79. The maximum absolute atomic E-state index is 12.2. The lowest BCUT2D eigenvalue weighted by atomic mass is 10.2. The summed E-state index contributed by atoms with van der Waals surface area (Å²) < 4.78 is 12.2. The van der Waals surface area contributed by atoms with E-state index in [1.54, 1.807) is 30.3 Å². The van der Waals surface area contributed by atoms with Crippen LogP contribution in [0.1, 0.15) is 10.4 Å². The summed E-state index contributed by atoms with van der Waals surface area (Å²) in [4.78, 5) is 12.2. The first-order chi connectivity index (χ1) is 14.1. The van der Waals surface area contributed by atoms with Crippen molar-refractivity contribution in [3.8, 4) is 11.5 Å². The average Bonchev–Trinajstić information content (AvgIpc) is 2.72. The predicted octanol–water partition coefficient (Wildman–Crippen LogP) is 5.03. The van der Waals surface area contributed by atoms with Gasteiger partial charge in [0.25, 0.3) is 5.91 Å². The molecule has 3 rings (SSSR count). The number of ether oxygens (including phenoxy) is 2. The van der Waals surface area contributed by atoms with Crippen LogP contribution in [0.5, 0.6) is 11.5 Å². The fraction of sp³-hybridized carbons (Fsp3) is 0.0909. The maximum Gasteiger partial charge on any atom is 0.257 e. The molecule has 0 saturated carbocycles. The Hall–Kier alpha value is -2.90. The summed E-state index contributed by atoms with van der Waals surface area (Å²) in [5.74, 6) is 1.20. The van der Waals surface area contributed by atoms with Gasteiger partial charge in [-0.1, -0.05) is 40.2 Å². The van der Waals surface area contributed by atoms with E-state index in [4.69, 9.17) is 21.7 Å². The molecule has 7 heteroatoms. The van der Waals surface area contributed by atoms with E-state index in [1.165, 1.54) is 0 Å². The average molecular weight is 471 g/mol. The molecule has 3 aromatic carbocycles. The number of hydrogen-bond donors (Lipinski definition) is 2. The number of hydrogen-bond acceptors (Lipinski definition) is 4. The highest BCUT2D eigenvalue weighted by molar-refractivity contribution is 9.10. The zero-order chi connectivity index (χ0) is 20.5. The number of amides is 1. The number of carbonyl (C=O) groups excluding carboxylic acids is 1. The monoisotopic (exact) mass is 470 g/mol. The zero-order valence-electron chi connectivity index (χ0n) is 15.4. The molecule has 2 N–H and O–H groups in total. The molecular formula is C22H19BrN2O3S. The molecule has 0 unspecified atom stereocenters. The second-order valence-corrected chi connectivity index (χ2v) is 7.28. The second-order valence-electron chi connectivity index (χ2n) is 5.95. The molecule has 0 bridgehead atoms. The number of halogens is 1. The van der Waals surface area contributed by atoms with Crippen LogP contribution in [-0.4, -0.2) is 24.2 Å². The minimum atomic E-state index is -0.277. The minimum absolute atomic E-state index is 0.211. The van der Waals surface area contributed by atoms with Gasteiger partial charge in [-0.05, 0) is 60.7 Å². The molecule has 5 nitrogen and oxygen atoms in total. The Labute approximate surface area is 183 Å². The van der Waals surface area contributed by atoms with E-state index in [1.807, 2.05) is 48.5 Å².